The lowest BCUT2D eigenvalue weighted by molar-refractivity contribution is -0.332. The van der Waals surface area contributed by atoms with Gasteiger partial charge in [0.2, 0.25) is 5.70 Å². The van der Waals surface area contributed by atoms with Gasteiger partial charge < -0.3 is 4.74 Å². The lowest BCUT2D eigenvalue weighted by Gasteiger charge is -2.25. The third-order valence-corrected chi connectivity index (χ3v) is 9.77. The molecule has 49 heavy (non-hydrogen) atoms. The Balaban J connectivity index is 1.55. The van der Waals surface area contributed by atoms with Gasteiger partial charge in [-0.25, -0.2) is 8.80 Å². The van der Waals surface area contributed by atoms with E-state index in [2.05, 4.69) is 143 Å². The number of methoxy groups -OCH3 is 1. The molecule has 3 heterocycles. The molecule has 2 aliphatic rings. The highest BCUT2D eigenvalue weighted by Crippen LogP contribution is 2.49. The Morgan fingerprint density at radius 1 is 0.592 bits per heavy atom. The van der Waals surface area contributed by atoms with Crippen LogP contribution in [0.1, 0.15) is 44.6 Å². The Hall–Kier alpha value is -5.68. The molecule has 0 aliphatic carbocycles. The summed E-state index contributed by atoms with van der Waals surface area (Å²) >= 11 is 0. The zero-order valence-electron chi connectivity index (χ0n) is 28.5. The third kappa shape index (κ3) is 5.17. The van der Waals surface area contributed by atoms with Crippen molar-refractivity contribution in [3.05, 3.63) is 184 Å². The highest BCUT2D eigenvalue weighted by atomic mass is 19.1. The minimum atomic E-state index is -1.53. The summed E-state index contributed by atoms with van der Waals surface area (Å²) in [4.78, 5) is 0. The number of aromatic nitrogens is 1. The van der Waals surface area contributed by atoms with Crippen LogP contribution in [0.4, 0.5) is 4.32 Å². The zero-order chi connectivity index (χ0) is 33.8. The number of aryl methyl sites for hydroxylation is 4. The second-order valence-electron chi connectivity index (χ2n) is 13.2. The van der Waals surface area contributed by atoms with Crippen molar-refractivity contribution in [1.82, 2.24) is 4.48 Å². The number of para-hydroxylation sites is 1. The molecule has 0 fully saturated rings. The first-order valence-electron chi connectivity index (χ1n) is 16.8. The van der Waals surface area contributed by atoms with Crippen LogP contribution in [0.2, 0.25) is 0 Å². The van der Waals surface area contributed by atoms with E-state index >= 15 is 4.32 Å². The molecule has 6 aromatic rings. The maximum Gasteiger partial charge on any atom is 0.847 e. The monoisotopic (exact) mass is 639 g/mol. The molecule has 0 atom stereocenters. The Morgan fingerprint density at radius 3 is 1.67 bits per heavy atom. The number of nitrogens with zero attached hydrogens (tertiary/aromatic N) is 2. The van der Waals surface area contributed by atoms with E-state index in [1.807, 2.05) is 27.2 Å². The van der Waals surface area contributed by atoms with Crippen LogP contribution in [-0.2, 0) is 0 Å². The van der Waals surface area contributed by atoms with Gasteiger partial charge in [-0.3, -0.25) is 4.48 Å². The minimum absolute atomic E-state index is 0.730. The lowest BCUT2D eigenvalue weighted by atomic mass is 9.84. The standard InChI is InChI=1S/C44H37BFN2O/c1-28-10-18-32(19-11-28)37-26-39(34-22-14-30(3)15-23-34)47-43(37)42(36-8-6-7-9-41(36)49-5)44-38(33-20-12-29(2)13-21-33)27-40(48(44)45(47)46)35-24-16-31(4)17-25-35/h6-27H,1-5H3/q+1. The quantitative estimate of drug-likeness (QED) is 0.166. The van der Waals surface area contributed by atoms with Crippen molar-refractivity contribution in [3.8, 4) is 28.1 Å². The van der Waals surface area contributed by atoms with E-state index < -0.39 is 7.26 Å². The van der Waals surface area contributed by atoms with Crippen molar-refractivity contribution >= 4 is 24.1 Å². The number of hydrogen-bond donors (Lipinski definition) is 0. The fraction of sp³-hybridized carbons (Fsp3) is 0.114. The molecule has 8 rings (SSSR count). The predicted molar refractivity (Wildman–Crippen MR) is 201 cm³/mol. The molecule has 5 aromatic carbocycles. The van der Waals surface area contributed by atoms with Gasteiger partial charge in [0, 0.05) is 28.5 Å². The maximum absolute atomic E-state index is 18.2. The summed E-state index contributed by atoms with van der Waals surface area (Å²) in [6.07, 6.45) is 2.16. The van der Waals surface area contributed by atoms with Crippen molar-refractivity contribution in [2.75, 3.05) is 7.11 Å². The van der Waals surface area contributed by atoms with Gasteiger partial charge in [0.05, 0.1) is 23.9 Å². The molecule has 238 valence electrons. The molecular formula is C44H37BFN2O+. The largest absolute Gasteiger partial charge is 0.847 e. The fourth-order valence-electron chi connectivity index (χ4n) is 7.14. The van der Waals surface area contributed by atoms with E-state index in [-0.39, 0.29) is 0 Å². The SMILES string of the molecule is COc1ccccc1C1=C2C(c3ccc(C)cc3)=CC(c3ccc(C)cc3)=[N+]2B(F)n2c(-c3ccc(C)cc3)cc(-c3ccc(C)cc3)c21. The molecule has 0 radical (unpaired) electrons. The van der Waals surface area contributed by atoms with E-state index in [9.17, 15) is 0 Å². The summed E-state index contributed by atoms with van der Waals surface area (Å²) < 4.78 is 28.0. The van der Waals surface area contributed by atoms with Crippen LogP contribution in [0.25, 0.3) is 33.5 Å². The van der Waals surface area contributed by atoms with E-state index in [1.165, 1.54) is 11.1 Å². The van der Waals surface area contributed by atoms with Crippen LogP contribution < -0.4 is 4.74 Å². The van der Waals surface area contributed by atoms with Gasteiger partial charge in [0.1, 0.15) is 5.75 Å². The van der Waals surface area contributed by atoms with Crippen molar-refractivity contribution in [2.45, 2.75) is 27.7 Å². The zero-order valence-corrected chi connectivity index (χ0v) is 28.5. The maximum atomic E-state index is 18.2. The highest BCUT2D eigenvalue weighted by Gasteiger charge is 2.54. The number of allylic oxidation sites excluding steroid dienone is 2. The number of ether oxygens (including phenoxy) is 1. The summed E-state index contributed by atoms with van der Waals surface area (Å²) in [5.41, 5.74) is 15.7. The molecule has 2 aliphatic heterocycles. The number of hydrogen-bond acceptors (Lipinski definition) is 1. The Kier molecular flexibility index (Phi) is 7.56. The molecule has 0 saturated carbocycles. The first kappa shape index (κ1) is 30.6. The fourth-order valence-corrected chi connectivity index (χ4v) is 7.14. The summed E-state index contributed by atoms with van der Waals surface area (Å²) in [5, 5.41) is 0. The summed E-state index contributed by atoms with van der Waals surface area (Å²) in [6, 6.07) is 44.1. The summed E-state index contributed by atoms with van der Waals surface area (Å²) in [5.74, 6) is 0.730. The van der Waals surface area contributed by atoms with Gasteiger partial charge in [-0.15, -0.1) is 0 Å². The average molecular weight is 640 g/mol. The Morgan fingerprint density at radius 2 is 1.10 bits per heavy atom. The first-order chi connectivity index (χ1) is 23.8. The van der Waals surface area contributed by atoms with E-state index in [0.29, 0.717) is 0 Å². The van der Waals surface area contributed by atoms with Crippen molar-refractivity contribution in [3.63, 3.8) is 0 Å². The third-order valence-electron chi connectivity index (χ3n) is 9.77. The molecular weight excluding hydrogens is 602 g/mol. The summed E-state index contributed by atoms with van der Waals surface area (Å²) in [7, 11) is 0.171. The lowest BCUT2D eigenvalue weighted by Crippen LogP contribution is -2.41. The van der Waals surface area contributed by atoms with E-state index in [1.54, 1.807) is 7.11 Å². The van der Waals surface area contributed by atoms with Crippen molar-refractivity contribution in [2.24, 2.45) is 0 Å². The Labute approximate surface area is 288 Å². The molecule has 5 heteroatoms. The number of benzene rings is 5. The molecule has 0 bridgehead atoms. The smallest absolute Gasteiger partial charge is 0.496 e. The number of halogens is 1. The van der Waals surface area contributed by atoms with Crippen molar-refractivity contribution in [1.29, 1.82) is 0 Å². The normalized spacial score (nSPS) is 13.8. The summed E-state index contributed by atoms with van der Waals surface area (Å²) in [6.45, 7) is 8.34. The topological polar surface area (TPSA) is 17.2 Å². The number of rotatable bonds is 6. The molecule has 0 amide bonds. The van der Waals surface area contributed by atoms with Crippen LogP contribution in [0.3, 0.4) is 0 Å². The first-order valence-corrected chi connectivity index (χ1v) is 16.8. The van der Waals surface area contributed by atoms with Crippen LogP contribution in [0.15, 0.2) is 139 Å². The molecule has 3 nitrogen and oxygen atoms in total. The van der Waals surface area contributed by atoms with Crippen molar-refractivity contribution < 1.29 is 13.5 Å². The van der Waals surface area contributed by atoms with Gasteiger partial charge in [-0.05, 0) is 68.7 Å². The predicted octanol–water partition coefficient (Wildman–Crippen LogP) is 10.2. The van der Waals surface area contributed by atoms with Crippen LogP contribution in [0.5, 0.6) is 5.75 Å². The molecule has 0 N–H and O–H groups in total. The van der Waals surface area contributed by atoms with Crippen LogP contribution >= 0.6 is 0 Å². The van der Waals surface area contributed by atoms with E-state index in [0.717, 1.165) is 84.2 Å². The second kappa shape index (κ2) is 12.1. The molecule has 0 spiro atoms. The second-order valence-corrected chi connectivity index (χ2v) is 13.2. The van der Waals surface area contributed by atoms with Gasteiger partial charge in [0.15, 0.2) is 5.71 Å². The molecule has 1 aromatic heterocycles. The molecule has 0 saturated heterocycles. The van der Waals surface area contributed by atoms with Crippen LogP contribution in [0, 0.1) is 27.7 Å². The van der Waals surface area contributed by atoms with Crippen LogP contribution in [-0.4, -0.2) is 29.0 Å². The van der Waals surface area contributed by atoms with Gasteiger partial charge in [0.25, 0.3) is 0 Å². The molecule has 0 unspecified atom stereocenters. The minimum Gasteiger partial charge on any atom is -0.496 e. The Bertz CT molecular complexity index is 2330. The highest BCUT2D eigenvalue weighted by molar-refractivity contribution is 6.46. The average Bonchev–Trinajstić information content (AvgIpc) is 3.71. The number of fused-ring (bicyclic) bond motifs is 2. The van der Waals surface area contributed by atoms with Gasteiger partial charge in [-0.2, -0.15) is 0 Å². The van der Waals surface area contributed by atoms with Gasteiger partial charge >= 0.3 is 7.26 Å². The van der Waals surface area contributed by atoms with Gasteiger partial charge in [-0.1, -0.05) is 125 Å². The van der Waals surface area contributed by atoms with E-state index in [4.69, 9.17) is 4.74 Å².